The molecule has 3 N–H and O–H groups in total. The van der Waals surface area contributed by atoms with Crippen LogP contribution >= 0.6 is 0 Å². The summed E-state index contributed by atoms with van der Waals surface area (Å²) < 4.78 is 0. The molecule has 0 spiro atoms. The van der Waals surface area contributed by atoms with Crippen molar-refractivity contribution in [1.82, 2.24) is 10.2 Å². The molecule has 5 nitrogen and oxygen atoms in total. The van der Waals surface area contributed by atoms with Crippen LogP contribution in [0.3, 0.4) is 0 Å². The van der Waals surface area contributed by atoms with Gasteiger partial charge in [-0.2, -0.15) is 0 Å². The fraction of sp³-hybridized carbons (Fsp3) is 0.611. The van der Waals surface area contributed by atoms with Gasteiger partial charge in [-0.1, -0.05) is 54.2 Å². The Hall–Kier alpha value is -1.37. The van der Waals surface area contributed by atoms with E-state index < -0.39 is 7.12 Å². The van der Waals surface area contributed by atoms with Gasteiger partial charge >= 0.3 is 7.12 Å². The van der Waals surface area contributed by atoms with Gasteiger partial charge in [0.15, 0.2) is 5.78 Å². The number of allylic oxidation sites excluding steroid dienone is 4. The fourth-order valence-corrected chi connectivity index (χ4v) is 1.78. The molecular formula is C18H37BN2O3. The number of ketones is 1. The first-order valence-corrected chi connectivity index (χ1v) is 8.93. The lowest BCUT2D eigenvalue weighted by Crippen LogP contribution is -2.40. The first-order chi connectivity index (χ1) is 11.6. The van der Waals surface area contributed by atoms with Crippen LogP contribution in [0.15, 0.2) is 36.0 Å². The van der Waals surface area contributed by atoms with Crippen molar-refractivity contribution in [1.29, 1.82) is 0 Å². The van der Waals surface area contributed by atoms with Crippen LogP contribution in [-0.2, 0) is 4.79 Å². The second-order valence-corrected chi connectivity index (χ2v) is 4.10. The molecule has 1 aliphatic rings. The van der Waals surface area contributed by atoms with E-state index in [1.807, 2.05) is 47.7 Å². The maximum atomic E-state index is 11.5. The molecule has 24 heavy (non-hydrogen) atoms. The van der Waals surface area contributed by atoms with Gasteiger partial charge < -0.3 is 20.3 Å². The molecular weight excluding hydrogens is 303 g/mol. The molecule has 0 aromatic rings. The number of hydrogen-bond donors (Lipinski definition) is 3. The van der Waals surface area contributed by atoms with Crippen molar-refractivity contribution in [2.75, 3.05) is 26.2 Å². The van der Waals surface area contributed by atoms with Gasteiger partial charge in [-0.25, -0.2) is 0 Å². The summed E-state index contributed by atoms with van der Waals surface area (Å²) in [4.78, 5) is 13.6. The lowest BCUT2D eigenvalue weighted by atomic mass is 9.75. The van der Waals surface area contributed by atoms with Crippen LogP contribution in [0.1, 0.15) is 48.5 Å². The Kier molecular flexibility index (Phi) is 22.5. The smallest absolute Gasteiger partial charge is 0.423 e. The van der Waals surface area contributed by atoms with Gasteiger partial charge in [0.25, 0.3) is 0 Å². The predicted molar refractivity (Wildman–Crippen MR) is 106 cm³/mol. The van der Waals surface area contributed by atoms with E-state index in [4.69, 9.17) is 0 Å². The Morgan fingerprint density at radius 3 is 1.88 bits per heavy atom. The normalized spacial score (nSPS) is 14.0. The molecule has 0 bridgehead atoms. The van der Waals surface area contributed by atoms with Crippen molar-refractivity contribution in [2.45, 2.75) is 48.5 Å². The monoisotopic (exact) mass is 340 g/mol. The molecule has 0 amide bonds. The van der Waals surface area contributed by atoms with Gasteiger partial charge in [-0.15, -0.1) is 0 Å². The molecule has 0 aromatic heterocycles. The van der Waals surface area contributed by atoms with Crippen LogP contribution in [0.4, 0.5) is 0 Å². The average Bonchev–Trinajstić information content (AvgIpc) is 2.64. The second kappa shape index (κ2) is 19.7. The maximum Gasteiger partial charge on any atom is 0.489 e. The third kappa shape index (κ3) is 12.1. The number of carbonyl (C=O) groups is 1. The highest BCUT2D eigenvalue weighted by Crippen LogP contribution is 2.11. The van der Waals surface area contributed by atoms with Crippen LogP contribution in [0.2, 0.25) is 0 Å². The number of rotatable bonds is 5. The number of carbonyl (C=O) groups excluding carboxylic acids is 1. The lowest BCUT2D eigenvalue weighted by molar-refractivity contribution is -0.113. The van der Waals surface area contributed by atoms with E-state index in [0.717, 1.165) is 26.2 Å². The number of hydrogen-bond acceptors (Lipinski definition) is 5. The van der Waals surface area contributed by atoms with Gasteiger partial charge in [0.2, 0.25) is 0 Å². The summed E-state index contributed by atoms with van der Waals surface area (Å²) >= 11 is 0. The molecule has 0 unspecified atom stereocenters. The van der Waals surface area contributed by atoms with Crippen LogP contribution in [0, 0.1) is 0 Å². The summed E-state index contributed by atoms with van der Waals surface area (Å²) in [6.07, 6.45) is 4.72. The first kappa shape index (κ1) is 27.5. The second-order valence-electron chi connectivity index (χ2n) is 4.10. The molecule has 0 radical (unpaired) electrons. The molecule has 140 valence electrons. The Balaban J connectivity index is -0.000000659. The standard InChI is InChI=1S/C12H19BN2O3.3C2H6/c1-3-12(13(17)18)11(10(2)16)4-7-15-8-5-14-6-9-15;3*1-2/h3-4,7,14,17-18H,1,5-6,8-9H2,2H3;3*1-2H3/b7-4+,12-11-;;;. The zero-order valence-electron chi connectivity index (χ0n) is 16.6. The number of Topliss-reactive ketones (excluding diaryl/α,β-unsaturated/α-hetero) is 1. The molecule has 1 saturated heterocycles. The van der Waals surface area contributed by atoms with Crippen molar-refractivity contribution < 1.29 is 14.8 Å². The molecule has 1 fully saturated rings. The Morgan fingerprint density at radius 1 is 1.08 bits per heavy atom. The van der Waals surface area contributed by atoms with Gasteiger partial charge in [0, 0.05) is 31.8 Å². The molecule has 0 saturated carbocycles. The van der Waals surface area contributed by atoms with Gasteiger partial charge in [0.05, 0.1) is 0 Å². The van der Waals surface area contributed by atoms with Gasteiger partial charge in [-0.3, -0.25) is 4.79 Å². The van der Waals surface area contributed by atoms with Crippen LogP contribution < -0.4 is 5.32 Å². The van der Waals surface area contributed by atoms with E-state index in [-0.39, 0.29) is 16.8 Å². The summed E-state index contributed by atoms with van der Waals surface area (Å²) in [7, 11) is -1.69. The zero-order valence-corrected chi connectivity index (χ0v) is 16.6. The van der Waals surface area contributed by atoms with E-state index >= 15 is 0 Å². The minimum absolute atomic E-state index is 0.133. The third-order valence-electron chi connectivity index (χ3n) is 2.79. The van der Waals surface area contributed by atoms with Crippen molar-refractivity contribution >= 4 is 12.9 Å². The Bertz CT molecular complexity index is 374. The minimum atomic E-state index is -1.69. The molecule has 1 rings (SSSR count). The predicted octanol–water partition coefficient (Wildman–Crippen LogP) is 2.57. The summed E-state index contributed by atoms with van der Waals surface area (Å²) in [6.45, 7) is 20.4. The van der Waals surface area contributed by atoms with E-state index in [0.29, 0.717) is 0 Å². The van der Waals surface area contributed by atoms with Crippen molar-refractivity contribution in [3.05, 3.63) is 36.0 Å². The lowest BCUT2D eigenvalue weighted by Gasteiger charge is -2.25. The molecule has 6 heteroatoms. The average molecular weight is 340 g/mol. The van der Waals surface area contributed by atoms with E-state index in [2.05, 4.69) is 16.8 Å². The van der Waals surface area contributed by atoms with Crippen LogP contribution in [0.25, 0.3) is 0 Å². The van der Waals surface area contributed by atoms with E-state index in [1.54, 1.807) is 6.08 Å². The summed E-state index contributed by atoms with van der Waals surface area (Å²) in [5.74, 6) is -0.218. The number of piperazine rings is 1. The largest absolute Gasteiger partial charge is 0.489 e. The van der Waals surface area contributed by atoms with E-state index in [9.17, 15) is 14.8 Å². The molecule has 1 heterocycles. The minimum Gasteiger partial charge on any atom is -0.423 e. The summed E-state index contributed by atoms with van der Waals surface area (Å²) in [5.41, 5.74) is 0.410. The molecule has 0 atom stereocenters. The topological polar surface area (TPSA) is 72.8 Å². The van der Waals surface area contributed by atoms with Crippen molar-refractivity contribution in [2.24, 2.45) is 0 Å². The zero-order chi connectivity index (χ0) is 19.5. The highest BCUT2D eigenvalue weighted by Gasteiger charge is 2.18. The molecule has 1 aliphatic heterocycles. The Morgan fingerprint density at radius 2 is 1.54 bits per heavy atom. The Labute approximate surface area is 149 Å². The number of nitrogens with zero attached hydrogens (tertiary/aromatic N) is 1. The highest BCUT2D eigenvalue weighted by molar-refractivity contribution is 6.53. The van der Waals surface area contributed by atoms with Crippen molar-refractivity contribution in [3.63, 3.8) is 0 Å². The van der Waals surface area contributed by atoms with Gasteiger partial charge in [0.1, 0.15) is 0 Å². The third-order valence-corrected chi connectivity index (χ3v) is 2.79. The van der Waals surface area contributed by atoms with Crippen LogP contribution in [-0.4, -0.2) is 54.0 Å². The maximum absolute atomic E-state index is 11.5. The summed E-state index contributed by atoms with van der Waals surface area (Å²) in [5, 5.41) is 21.6. The van der Waals surface area contributed by atoms with Gasteiger partial charge in [-0.05, 0) is 24.7 Å². The van der Waals surface area contributed by atoms with E-state index in [1.165, 1.54) is 13.0 Å². The number of nitrogens with one attached hydrogen (secondary N) is 1. The van der Waals surface area contributed by atoms with Crippen molar-refractivity contribution in [3.8, 4) is 0 Å². The SMILES string of the molecule is C=C/C(B(O)O)=C(\C=C\N1CCNCC1)C(C)=O.CC.CC.CC. The quantitative estimate of drug-likeness (QED) is 0.408. The van der Waals surface area contributed by atoms with Crippen LogP contribution in [0.5, 0.6) is 0 Å². The fourth-order valence-electron chi connectivity index (χ4n) is 1.78. The molecule has 0 aromatic carbocycles. The molecule has 0 aliphatic carbocycles. The highest BCUT2D eigenvalue weighted by atomic mass is 16.4. The summed E-state index contributed by atoms with van der Waals surface area (Å²) in [6, 6.07) is 0. The first-order valence-electron chi connectivity index (χ1n) is 8.93.